The second kappa shape index (κ2) is 5.80. The van der Waals surface area contributed by atoms with E-state index >= 15 is 0 Å². The van der Waals surface area contributed by atoms with Crippen LogP contribution in [0, 0.1) is 0 Å². The molecule has 86 valence electrons. The van der Waals surface area contributed by atoms with Crippen LogP contribution in [-0.2, 0) is 4.74 Å². The molecule has 0 radical (unpaired) electrons. The van der Waals surface area contributed by atoms with E-state index in [2.05, 4.69) is 11.3 Å². The van der Waals surface area contributed by atoms with Crippen LogP contribution in [0.25, 0.3) is 6.08 Å². The van der Waals surface area contributed by atoms with E-state index in [0.29, 0.717) is 11.5 Å². The SMILES string of the molecule is C=Cc1ccc(OC)c(OC(=O)OCC)c1. The molecule has 0 aliphatic heterocycles. The molecule has 0 heterocycles. The molecule has 1 rings (SSSR count). The smallest absolute Gasteiger partial charge is 0.493 e. The van der Waals surface area contributed by atoms with Gasteiger partial charge in [-0.05, 0) is 24.6 Å². The third-order valence-electron chi connectivity index (χ3n) is 1.88. The van der Waals surface area contributed by atoms with Gasteiger partial charge < -0.3 is 14.2 Å². The minimum Gasteiger partial charge on any atom is -0.493 e. The molecule has 0 aliphatic rings. The van der Waals surface area contributed by atoms with Crippen LogP contribution in [0.15, 0.2) is 24.8 Å². The van der Waals surface area contributed by atoms with Crippen LogP contribution in [0.1, 0.15) is 12.5 Å². The predicted octanol–water partition coefficient (Wildman–Crippen LogP) is 2.87. The number of methoxy groups -OCH3 is 1. The van der Waals surface area contributed by atoms with Crippen LogP contribution in [-0.4, -0.2) is 19.9 Å². The first kappa shape index (κ1) is 12.1. The summed E-state index contributed by atoms with van der Waals surface area (Å²) < 4.78 is 14.7. The quantitative estimate of drug-likeness (QED) is 0.580. The number of hydrogen-bond acceptors (Lipinski definition) is 4. The van der Waals surface area contributed by atoms with Crippen LogP contribution in [0.5, 0.6) is 11.5 Å². The van der Waals surface area contributed by atoms with E-state index in [1.165, 1.54) is 7.11 Å². The lowest BCUT2D eigenvalue weighted by Gasteiger charge is -2.09. The average Bonchev–Trinajstić information content (AvgIpc) is 2.29. The van der Waals surface area contributed by atoms with Crippen LogP contribution in [0.3, 0.4) is 0 Å². The summed E-state index contributed by atoms with van der Waals surface area (Å²) in [5, 5.41) is 0. The van der Waals surface area contributed by atoms with Crippen molar-refractivity contribution in [1.82, 2.24) is 0 Å². The highest BCUT2D eigenvalue weighted by Gasteiger charge is 2.10. The Morgan fingerprint density at radius 1 is 1.44 bits per heavy atom. The summed E-state index contributed by atoms with van der Waals surface area (Å²) in [6.45, 7) is 5.60. The maximum absolute atomic E-state index is 11.2. The van der Waals surface area contributed by atoms with E-state index in [1.54, 1.807) is 25.1 Å². The molecule has 4 heteroatoms. The van der Waals surface area contributed by atoms with Gasteiger partial charge in [-0.3, -0.25) is 0 Å². The highest BCUT2D eigenvalue weighted by molar-refractivity contribution is 5.66. The Kier molecular flexibility index (Phi) is 4.39. The standard InChI is InChI=1S/C12H14O4/c1-4-9-6-7-10(14-3)11(8-9)16-12(13)15-5-2/h4,6-8H,1,5H2,2-3H3. The fraction of sp³-hybridized carbons (Fsp3) is 0.250. The highest BCUT2D eigenvalue weighted by Crippen LogP contribution is 2.28. The van der Waals surface area contributed by atoms with E-state index < -0.39 is 6.16 Å². The predicted molar refractivity (Wildman–Crippen MR) is 60.7 cm³/mol. The topological polar surface area (TPSA) is 44.8 Å². The Hall–Kier alpha value is -1.97. The minimum atomic E-state index is -0.748. The second-order valence-corrected chi connectivity index (χ2v) is 2.90. The monoisotopic (exact) mass is 222 g/mol. The molecule has 1 aromatic rings. The lowest BCUT2D eigenvalue weighted by molar-refractivity contribution is 0.103. The summed E-state index contributed by atoms with van der Waals surface area (Å²) in [6.07, 6.45) is 0.902. The normalized spacial score (nSPS) is 9.38. The van der Waals surface area contributed by atoms with Crippen molar-refractivity contribution in [1.29, 1.82) is 0 Å². The summed E-state index contributed by atoms with van der Waals surface area (Å²) in [7, 11) is 1.50. The number of carbonyl (C=O) groups is 1. The van der Waals surface area contributed by atoms with Crippen molar-refractivity contribution in [3.05, 3.63) is 30.3 Å². The Labute approximate surface area is 94.4 Å². The molecule has 0 unspecified atom stereocenters. The van der Waals surface area contributed by atoms with Crippen LogP contribution in [0.2, 0.25) is 0 Å². The third-order valence-corrected chi connectivity index (χ3v) is 1.88. The number of ether oxygens (including phenoxy) is 3. The van der Waals surface area contributed by atoms with Crippen molar-refractivity contribution >= 4 is 12.2 Å². The van der Waals surface area contributed by atoms with Crippen molar-refractivity contribution in [3.63, 3.8) is 0 Å². The van der Waals surface area contributed by atoms with Crippen molar-refractivity contribution in [3.8, 4) is 11.5 Å². The molecule has 16 heavy (non-hydrogen) atoms. The highest BCUT2D eigenvalue weighted by atomic mass is 16.7. The third kappa shape index (κ3) is 3.02. The number of hydrogen-bond donors (Lipinski definition) is 0. The molecule has 4 nitrogen and oxygen atoms in total. The first-order valence-corrected chi connectivity index (χ1v) is 4.86. The van der Waals surface area contributed by atoms with Gasteiger partial charge >= 0.3 is 6.16 Å². The lowest BCUT2D eigenvalue weighted by Crippen LogP contribution is -2.10. The zero-order valence-corrected chi connectivity index (χ0v) is 9.36. The van der Waals surface area contributed by atoms with Gasteiger partial charge in [0.15, 0.2) is 11.5 Å². The maximum Gasteiger partial charge on any atom is 0.513 e. The lowest BCUT2D eigenvalue weighted by atomic mass is 10.2. The molecule has 1 aromatic carbocycles. The van der Waals surface area contributed by atoms with Gasteiger partial charge in [0.25, 0.3) is 0 Å². The van der Waals surface area contributed by atoms with Gasteiger partial charge in [0.1, 0.15) is 0 Å². The van der Waals surface area contributed by atoms with Gasteiger partial charge in [-0.2, -0.15) is 0 Å². The van der Waals surface area contributed by atoms with Crippen LogP contribution >= 0.6 is 0 Å². The minimum absolute atomic E-state index is 0.266. The zero-order chi connectivity index (χ0) is 12.0. The largest absolute Gasteiger partial charge is 0.513 e. The van der Waals surface area contributed by atoms with Gasteiger partial charge in [-0.1, -0.05) is 18.7 Å². The fourth-order valence-electron chi connectivity index (χ4n) is 1.14. The molecule has 0 aliphatic carbocycles. The van der Waals surface area contributed by atoms with Gasteiger partial charge in [0, 0.05) is 0 Å². The molecule has 0 saturated carbocycles. The molecule has 0 fully saturated rings. The summed E-state index contributed by atoms with van der Waals surface area (Å²) in [4.78, 5) is 11.2. The van der Waals surface area contributed by atoms with Crippen molar-refractivity contribution < 1.29 is 19.0 Å². The van der Waals surface area contributed by atoms with Crippen LogP contribution < -0.4 is 9.47 Å². The molecule has 0 atom stereocenters. The summed E-state index contributed by atoms with van der Waals surface area (Å²) in [5.74, 6) is 0.789. The number of benzene rings is 1. The molecular weight excluding hydrogens is 208 g/mol. The Bertz CT molecular complexity index is 385. The molecule has 0 saturated heterocycles. The summed E-state index contributed by atoms with van der Waals surface area (Å²) >= 11 is 0. The van der Waals surface area contributed by atoms with Gasteiger partial charge in [0.2, 0.25) is 0 Å². The van der Waals surface area contributed by atoms with Gasteiger partial charge in [-0.25, -0.2) is 4.79 Å². The molecule has 0 spiro atoms. The van der Waals surface area contributed by atoms with E-state index in [0.717, 1.165) is 5.56 Å². The van der Waals surface area contributed by atoms with E-state index in [4.69, 9.17) is 9.47 Å². The maximum atomic E-state index is 11.2. The zero-order valence-electron chi connectivity index (χ0n) is 9.36. The van der Waals surface area contributed by atoms with Crippen molar-refractivity contribution in [2.24, 2.45) is 0 Å². The first-order chi connectivity index (χ1) is 7.71. The average molecular weight is 222 g/mol. The summed E-state index contributed by atoms with van der Waals surface area (Å²) in [6, 6.07) is 5.16. The molecular formula is C12H14O4. The Morgan fingerprint density at radius 3 is 2.75 bits per heavy atom. The molecule has 0 bridgehead atoms. The Morgan fingerprint density at radius 2 is 2.19 bits per heavy atom. The fourth-order valence-corrected chi connectivity index (χ4v) is 1.14. The number of carbonyl (C=O) groups excluding carboxylic acids is 1. The summed E-state index contributed by atoms with van der Waals surface area (Å²) in [5.41, 5.74) is 0.833. The van der Waals surface area contributed by atoms with Crippen molar-refractivity contribution in [2.45, 2.75) is 6.92 Å². The second-order valence-electron chi connectivity index (χ2n) is 2.90. The van der Waals surface area contributed by atoms with E-state index in [9.17, 15) is 4.79 Å². The van der Waals surface area contributed by atoms with Gasteiger partial charge in [-0.15, -0.1) is 0 Å². The van der Waals surface area contributed by atoms with Crippen molar-refractivity contribution in [2.75, 3.05) is 13.7 Å². The molecule has 0 N–H and O–H groups in total. The Balaban J connectivity index is 2.90. The molecule has 0 aromatic heterocycles. The first-order valence-electron chi connectivity index (χ1n) is 4.86. The van der Waals surface area contributed by atoms with E-state index in [-0.39, 0.29) is 6.61 Å². The number of rotatable bonds is 4. The van der Waals surface area contributed by atoms with E-state index in [1.807, 2.05) is 6.07 Å². The van der Waals surface area contributed by atoms with Crippen LogP contribution in [0.4, 0.5) is 4.79 Å². The van der Waals surface area contributed by atoms with Gasteiger partial charge in [0.05, 0.1) is 13.7 Å². The molecule has 0 amide bonds.